The van der Waals surface area contributed by atoms with Gasteiger partial charge in [0.1, 0.15) is 0 Å². The zero-order valence-electron chi connectivity index (χ0n) is 13.6. The van der Waals surface area contributed by atoms with Crippen molar-refractivity contribution in [1.29, 1.82) is 0 Å². The van der Waals surface area contributed by atoms with Crippen LogP contribution in [0, 0.1) is 0 Å². The highest BCUT2D eigenvalue weighted by Gasteiger charge is 2.12. The number of carbonyl (C=O) groups excluding carboxylic acids is 1. The van der Waals surface area contributed by atoms with E-state index >= 15 is 0 Å². The summed E-state index contributed by atoms with van der Waals surface area (Å²) in [6, 6.07) is 17.6. The Morgan fingerprint density at radius 1 is 1.20 bits per heavy atom. The number of rotatable bonds is 6. The van der Waals surface area contributed by atoms with Gasteiger partial charge in [0.05, 0.1) is 11.8 Å². The Hall–Kier alpha value is -2.12. The molecular weight excluding hydrogens is 400 g/mol. The molecule has 1 amide bonds. The largest absolute Gasteiger partial charge is 0.349 e. The predicted octanol–water partition coefficient (Wildman–Crippen LogP) is 4.20. The van der Waals surface area contributed by atoms with Gasteiger partial charge < -0.3 is 5.32 Å². The van der Waals surface area contributed by atoms with E-state index in [1.165, 1.54) is 11.8 Å². The molecule has 0 bridgehead atoms. The van der Waals surface area contributed by atoms with Gasteiger partial charge in [-0.3, -0.25) is 9.89 Å². The third-order valence-corrected chi connectivity index (χ3v) is 4.97. The lowest BCUT2D eigenvalue weighted by atomic mass is 10.1. The summed E-state index contributed by atoms with van der Waals surface area (Å²) in [5.74, 6) is 0.916. The van der Waals surface area contributed by atoms with Gasteiger partial charge in [0, 0.05) is 10.0 Å². The highest BCUT2D eigenvalue weighted by atomic mass is 79.9. The average molecular weight is 417 g/mol. The zero-order valence-corrected chi connectivity index (χ0v) is 16.0. The monoisotopic (exact) mass is 416 g/mol. The van der Waals surface area contributed by atoms with Crippen LogP contribution in [0.5, 0.6) is 0 Å². The van der Waals surface area contributed by atoms with Crippen LogP contribution in [0.1, 0.15) is 18.5 Å². The molecule has 128 valence electrons. The summed E-state index contributed by atoms with van der Waals surface area (Å²) < 4.78 is 1.01. The molecule has 0 unspecified atom stereocenters. The smallest absolute Gasteiger partial charge is 0.230 e. The maximum absolute atomic E-state index is 12.1. The molecule has 3 rings (SSSR count). The molecule has 0 aliphatic heterocycles. The zero-order chi connectivity index (χ0) is 17.6. The lowest BCUT2D eigenvalue weighted by Gasteiger charge is -2.13. The van der Waals surface area contributed by atoms with Gasteiger partial charge in [0.15, 0.2) is 5.82 Å². The summed E-state index contributed by atoms with van der Waals surface area (Å²) in [6.07, 6.45) is 0. The van der Waals surface area contributed by atoms with Gasteiger partial charge in [0.2, 0.25) is 11.1 Å². The molecule has 1 heterocycles. The number of benzene rings is 2. The van der Waals surface area contributed by atoms with E-state index in [1.807, 2.05) is 61.5 Å². The number of hydrogen-bond donors (Lipinski definition) is 2. The fourth-order valence-corrected chi connectivity index (χ4v) is 3.16. The Labute approximate surface area is 158 Å². The summed E-state index contributed by atoms with van der Waals surface area (Å²) in [4.78, 5) is 16.5. The van der Waals surface area contributed by atoms with E-state index in [1.54, 1.807) is 0 Å². The molecule has 0 aliphatic rings. The van der Waals surface area contributed by atoms with Gasteiger partial charge in [-0.2, -0.15) is 0 Å². The topological polar surface area (TPSA) is 70.7 Å². The first kappa shape index (κ1) is 17.7. The molecule has 0 spiro atoms. The molecule has 2 N–H and O–H groups in total. The van der Waals surface area contributed by atoms with Gasteiger partial charge in [-0.25, -0.2) is 4.98 Å². The number of halogens is 1. The van der Waals surface area contributed by atoms with Crippen LogP contribution in [0.2, 0.25) is 0 Å². The molecule has 1 atom stereocenters. The van der Waals surface area contributed by atoms with E-state index in [9.17, 15) is 4.79 Å². The molecular formula is C18H17BrN4OS. The lowest BCUT2D eigenvalue weighted by molar-refractivity contribution is -0.119. The van der Waals surface area contributed by atoms with Crippen LogP contribution >= 0.6 is 27.7 Å². The maximum Gasteiger partial charge on any atom is 0.230 e. The van der Waals surface area contributed by atoms with Crippen LogP contribution in [-0.2, 0) is 4.79 Å². The third-order valence-electron chi connectivity index (χ3n) is 3.59. The highest BCUT2D eigenvalue weighted by molar-refractivity contribution is 9.10. The van der Waals surface area contributed by atoms with E-state index in [2.05, 4.69) is 36.4 Å². The molecule has 0 aliphatic carbocycles. The number of H-pyrrole nitrogens is 1. The first-order valence-electron chi connectivity index (χ1n) is 7.77. The van der Waals surface area contributed by atoms with Crippen molar-refractivity contribution in [2.75, 3.05) is 5.75 Å². The second kappa shape index (κ2) is 8.31. The molecule has 2 aromatic carbocycles. The van der Waals surface area contributed by atoms with Crippen LogP contribution in [0.4, 0.5) is 0 Å². The minimum absolute atomic E-state index is 0.0280. The number of thioether (sulfide) groups is 1. The van der Waals surface area contributed by atoms with E-state index in [0.29, 0.717) is 11.0 Å². The number of aromatic amines is 1. The Morgan fingerprint density at radius 2 is 1.92 bits per heavy atom. The van der Waals surface area contributed by atoms with Crippen molar-refractivity contribution in [2.24, 2.45) is 0 Å². The van der Waals surface area contributed by atoms with Crippen molar-refractivity contribution < 1.29 is 4.79 Å². The lowest BCUT2D eigenvalue weighted by Crippen LogP contribution is -2.28. The first-order valence-corrected chi connectivity index (χ1v) is 9.55. The summed E-state index contributed by atoms with van der Waals surface area (Å²) in [7, 11) is 0. The van der Waals surface area contributed by atoms with E-state index < -0.39 is 0 Å². The van der Waals surface area contributed by atoms with Crippen LogP contribution in [0.3, 0.4) is 0 Å². The number of carbonyl (C=O) groups is 1. The summed E-state index contributed by atoms with van der Waals surface area (Å²) >= 11 is 4.72. The number of nitrogens with zero attached hydrogens (tertiary/aromatic N) is 2. The summed E-state index contributed by atoms with van der Waals surface area (Å²) in [5, 5.41) is 10.6. The minimum atomic E-state index is -0.0451. The second-order valence-corrected chi connectivity index (χ2v) is 7.32. The van der Waals surface area contributed by atoms with Gasteiger partial charge >= 0.3 is 0 Å². The van der Waals surface area contributed by atoms with E-state index in [-0.39, 0.29) is 17.7 Å². The normalized spacial score (nSPS) is 11.9. The van der Waals surface area contributed by atoms with Crippen molar-refractivity contribution >= 4 is 33.6 Å². The fourth-order valence-electron chi connectivity index (χ4n) is 2.29. The molecule has 3 aromatic rings. The fraction of sp³-hybridized carbons (Fsp3) is 0.167. The average Bonchev–Trinajstić information content (AvgIpc) is 3.10. The number of nitrogens with one attached hydrogen (secondary N) is 2. The number of amides is 1. The molecule has 0 radical (unpaired) electrons. The number of aromatic nitrogens is 3. The van der Waals surface area contributed by atoms with Crippen LogP contribution in [0.25, 0.3) is 11.4 Å². The predicted molar refractivity (Wildman–Crippen MR) is 103 cm³/mol. The Bertz CT molecular complexity index is 836. The van der Waals surface area contributed by atoms with Gasteiger partial charge in [-0.1, -0.05) is 70.2 Å². The minimum Gasteiger partial charge on any atom is -0.349 e. The molecule has 7 heteroatoms. The highest BCUT2D eigenvalue weighted by Crippen LogP contribution is 2.21. The molecule has 5 nitrogen and oxygen atoms in total. The quantitative estimate of drug-likeness (QED) is 0.590. The first-order chi connectivity index (χ1) is 12.1. The van der Waals surface area contributed by atoms with Crippen molar-refractivity contribution in [3.8, 4) is 11.4 Å². The third kappa shape index (κ3) is 4.93. The Morgan fingerprint density at radius 3 is 2.64 bits per heavy atom. The van der Waals surface area contributed by atoms with Crippen LogP contribution < -0.4 is 5.32 Å². The molecule has 1 aromatic heterocycles. The van der Waals surface area contributed by atoms with Crippen LogP contribution in [0.15, 0.2) is 64.2 Å². The Balaban J connectivity index is 1.53. The summed E-state index contributed by atoms with van der Waals surface area (Å²) in [6.45, 7) is 1.97. The van der Waals surface area contributed by atoms with Crippen molar-refractivity contribution in [3.63, 3.8) is 0 Å². The Kier molecular flexibility index (Phi) is 5.88. The molecule has 0 saturated heterocycles. The standard InChI is InChI=1S/C18H17BrN4OS/c1-12(13-5-3-2-4-6-13)20-16(24)11-25-18-21-17(22-23-18)14-7-9-15(19)10-8-14/h2-10,12H,11H2,1H3,(H,20,24)(H,21,22,23)/t12-/m1/s1. The number of hydrogen-bond acceptors (Lipinski definition) is 4. The van der Waals surface area contributed by atoms with Crippen molar-refractivity contribution in [2.45, 2.75) is 18.1 Å². The molecule has 0 fully saturated rings. The van der Waals surface area contributed by atoms with Crippen LogP contribution in [-0.4, -0.2) is 26.8 Å². The van der Waals surface area contributed by atoms with Gasteiger partial charge in [-0.15, -0.1) is 5.10 Å². The SMILES string of the molecule is C[C@@H](NC(=O)CSc1n[nH]c(-c2ccc(Br)cc2)n1)c1ccccc1. The van der Waals surface area contributed by atoms with Crippen molar-refractivity contribution in [3.05, 3.63) is 64.6 Å². The molecule has 25 heavy (non-hydrogen) atoms. The second-order valence-electron chi connectivity index (χ2n) is 5.46. The van der Waals surface area contributed by atoms with Gasteiger partial charge in [-0.05, 0) is 24.6 Å². The van der Waals surface area contributed by atoms with Crippen molar-refractivity contribution in [1.82, 2.24) is 20.5 Å². The summed E-state index contributed by atoms with van der Waals surface area (Å²) in [5.41, 5.74) is 2.03. The van der Waals surface area contributed by atoms with E-state index in [4.69, 9.17) is 0 Å². The molecule has 0 saturated carbocycles. The maximum atomic E-state index is 12.1. The van der Waals surface area contributed by atoms with Gasteiger partial charge in [0.25, 0.3) is 0 Å². The van der Waals surface area contributed by atoms with E-state index in [0.717, 1.165) is 15.6 Å².